The van der Waals surface area contributed by atoms with Gasteiger partial charge in [0.1, 0.15) is 5.72 Å². The molecule has 1 unspecified atom stereocenters. The van der Waals surface area contributed by atoms with Gasteiger partial charge >= 0.3 is 0 Å². The van der Waals surface area contributed by atoms with Gasteiger partial charge in [0.25, 0.3) is 0 Å². The third-order valence-corrected chi connectivity index (χ3v) is 2.43. The Hall–Kier alpha value is -0.120. The minimum Gasteiger partial charge on any atom is -0.354 e. The van der Waals surface area contributed by atoms with Gasteiger partial charge in [-0.15, -0.1) is 0 Å². The Morgan fingerprint density at radius 1 is 1.31 bits per heavy atom. The Bertz CT molecular complexity index is 180. The first-order valence-corrected chi connectivity index (χ1v) is 4.93. The van der Waals surface area contributed by atoms with E-state index in [4.69, 9.17) is 4.74 Å². The summed E-state index contributed by atoms with van der Waals surface area (Å²) >= 11 is 0. The van der Waals surface area contributed by atoms with Crippen LogP contribution in [0.3, 0.4) is 0 Å². The van der Waals surface area contributed by atoms with E-state index in [2.05, 4.69) is 45.1 Å². The number of hydrogen-bond donors (Lipinski definition) is 1. The van der Waals surface area contributed by atoms with Crippen LogP contribution in [0.5, 0.6) is 0 Å². The summed E-state index contributed by atoms with van der Waals surface area (Å²) in [6, 6.07) is 0. The molecule has 78 valence electrons. The number of hydrogen-bond acceptors (Lipinski definition) is 3. The van der Waals surface area contributed by atoms with Crippen molar-refractivity contribution in [3.8, 4) is 0 Å². The second kappa shape index (κ2) is 3.56. The molecular weight excluding hydrogens is 164 g/mol. The van der Waals surface area contributed by atoms with Crippen molar-refractivity contribution in [2.75, 3.05) is 27.2 Å². The van der Waals surface area contributed by atoms with Crippen molar-refractivity contribution in [3.63, 3.8) is 0 Å². The van der Waals surface area contributed by atoms with E-state index in [9.17, 15) is 0 Å². The number of nitrogens with zero attached hydrogens (tertiary/aromatic N) is 1. The van der Waals surface area contributed by atoms with Crippen molar-refractivity contribution >= 4 is 0 Å². The summed E-state index contributed by atoms with van der Waals surface area (Å²) in [5, 5.41) is 3.43. The molecule has 0 saturated carbocycles. The van der Waals surface area contributed by atoms with Crippen LogP contribution in [-0.2, 0) is 4.74 Å². The van der Waals surface area contributed by atoms with Crippen LogP contribution < -0.4 is 5.32 Å². The van der Waals surface area contributed by atoms with Crippen LogP contribution in [0.2, 0.25) is 0 Å². The monoisotopic (exact) mass is 186 g/mol. The molecular formula is C10H22N2O. The van der Waals surface area contributed by atoms with E-state index in [1.165, 1.54) is 0 Å². The number of rotatable bonds is 3. The minimum atomic E-state index is -0.131. The van der Waals surface area contributed by atoms with Crippen LogP contribution in [-0.4, -0.2) is 43.4 Å². The van der Waals surface area contributed by atoms with E-state index in [0.717, 1.165) is 19.5 Å². The molecule has 1 rings (SSSR count). The average Bonchev–Trinajstić information content (AvgIpc) is 2.23. The molecule has 0 amide bonds. The molecule has 3 heteroatoms. The fraction of sp³-hybridized carbons (Fsp3) is 1.00. The third kappa shape index (κ3) is 3.25. The van der Waals surface area contributed by atoms with Gasteiger partial charge in [-0.2, -0.15) is 0 Å². The van der Waals surface area contributed by atoms with Crippen molar-refractivity contribution in [2.24, 2.45) is 0 Å². The first kappa shape index (κ1) is 11.0. The molecule has 0 radical (unpaired) electrons. The standard InChI is InChI=1S/C10H22N2O/c1-9(2)8-11-10(3,13-9)6-7-12(4)5/h11H,6-8H2,1-5H3. The summed E-state index contributed by atoms with van der Waals surface area (Å²) in [6.45, 7) is 8.38. The van der Waals surface area contributed by atoms with Gasteiger partial charge in [0.2, 0.25) is 0 Å². The van der Waals surface area contributed by atoms with Crippen LogP contribution in [0.25, 0.3) is 0 Å². The van der Waals surface area contributed by atoms with Gasteiger partial charge in [0.05, 0.1) is 5.60 Å². The van der Waals surface area contributed by atoms with Crippen LogP contribution in [0.4, 0.5) is 0 Å². The highest BCUT2D eigenvalue weighted by Crippen LogP contribution is 2.27. The molecule has 1 fully saturated rings. The average molecular weight is 186 g/mol. The van der Waals surface area contributed by atoms with Crippen LogP contribution in [0.1, 0.15) is 27.2 Å². The second-order valence-corrected chi connectivity index (χ2v) is 5.00. The number of ether oxygens (including phenoxy) is 1. The van der Waals surface area contributed by atoms with E-state index in [1.807, 2.05) is 0 Å². The van der Waals surface area contributed by atoms with Gasteiger partial charge < -0.3 is 9.64 Å². The van der Waals surface area contributed by atoms with E-state index in [-0.39, 0.29) is 11.3 Å². The van der Waals surface area contributed by atoms with Gasteiger partial charge in [-0.3, -0.25) is 5.32 Å². The van der Waals surface area contributed by atoms with Crippen molar-refractivity contribution in [3.05, 3.63) is 0 Å². The highest BCUT2D eigenvalue weighted by molar-refractivity contribution is 4.89. The summed E-state index contributed by atoms with van der Waals surface area (Å²) in [7, 11) is 4.17. The summed E-state index contributed by atoms with van der Waals surface area (Å²) in [4.78, 5) is 2.18. The Morgan fingerprint density at radius 2 is 1.92 bits per heavy atom. The van der Waals surface area contributed by atoms with Crippen LogP contribution >= 0.6 is 0 Å². The van der Waals surface area contributed by atoms with Gasteiger partial charge in [-0.05, 0) is 34.9 Å². The highest BCUT2D eigenvalue weighted by Gasteiger charge is 2.39. The van der Waals surface area contributed by atoms with E-state index in [0.29, 0.717) is 0 Å². The predicted molar refractivity (Wildman–Crippen MR) is 54.7 cm³/mol. The summed E-state index contributed by atoms with van der Waals surface area (Å²) in [6.07, 6.45) is 1.03. The maximum absolute atomic E-state index is 5.95. The van der Waals surface area contributed by atoms with Crippen molar-refractivity contribution in [2.45, 2.75) is 38.5 Å². The second-order valence-electron chi connectivity index (χ2n) is 5.00. The van der Waals surface area contributed by atoms with Gasteiger partial charge in [0.15, 0.2) is 0 Å². The normalized spacial score (nSPS) is 32.8. The molecule has 1 aliphatic heterocycles. The fourth-order valence-electron chi connectivity index (χ4n) is 1.66. The SMILES string of the molecule is CN(C)CCC1(C)NCC(C)(C)O1. The topological polar surface area (TPSA) is 24.5 Å². The molecule has 0 aliphatic carbocycles. The zero-order chi connectivity index (χ0) is 10.1. The largest absolute Gasteiger partial charge is 0.354 e. The molecule has 3 nitrogen and oxygen atoms in total. The molecule has 0 aromatic rings. The Morgan fingerprint density at radius 3 is 2.31 bits per heavy atom. The maximum atomic E-state index is 5.95. The quantitative estimate of drug-likeness (QED) is 0.713. The number of nitrogens with one attached hydrogen (secondary N) is 1. The van der Waals surface area contributed by atoms with Crippen molar-refractivity contribution in [1.82, 2.24) is 10.2 Å². The van der Waals surface area contributed by atoms with E-state index in [1.54, 1.807) is 0 Å². The molecule has 0 aromatic carbocycles. The highest BCUT2D eigenvalue weighted by atomic mass is 16.5. The lowest BCUT2D eigenvalue weighted by molar-refractivity contribution is -0.0854. The maximum Gasteiger partial charge on any atom is 0.118 e. The zero-order valence-corrected chi connectivity index (χ0v) is 9.48. The summed E-state index contributed by atoms with van der Waals surface area (Å²) in [5.41, 5.74) is -0.144. The van der Waals surface area contributed by atoms with Gasteiger partial charge in [0, 0.05) is 19.5 Å². The molecule has 0 aromatic heterocycles. The molecule has 0 bridgehead atoms. The van der Waals surface area contributed by atoms with Crippen molar-refractivity contribution < 1.29 is 4.74 Å². The lowest BCUT2D eigenvalue weighted by atomic mass is 10.1. The van der Waals surface area contributed by atoms with E-state index >= 15 is 0 Å². The predicted octanol–water partition coefficient (Wildman–Crippen LogP) is 1.05. The fourth-order valence-corrected chi connectivity index (χ4v) is 1.66. The molecule has 1 N–H and O–H groups in total. The molecule has 1 heterocycles. The summed E-state index contributed by atoms with van der Waals surface area (Å²) in [5.74, 6) is 0. The lowest BCUT2D eigenvalue weighted by Gasteiger charge is -2.28. The molecule has 1 aliphatic rings. The Kier molecular flexibility index (Phi) is 3.00. The summed E-state index contributed by atoms with van der Waals surface area (Å²) < 4.78 is 5.95. The first-order valence-electron chi connectivity index (χ1n) is 4.93. The lowest BCUT2D eigenvalue weighted by Crippen LogP contribution is -2.40. The smallest absolute Gasteiger partial charge is 0.118 e. The Labute approximate surface area is 81.4 Å². The zero-order valence-electron chi connectivity index (χ0n) is 9.48. The van der Waals surface area contributed by atoms with Gasteiger partial charge in [-0.25, -0.2) is 0 Å². The third-order valence-electron chi connectivity index (χ3n) is 2.43. The van der Waals surface area contributed by atoms with Crippen molar-refractivity contribution in [1.29, 1.82) is 0 Å². The van der Waals surface area contributed by atoms with E-state index < -0.39 is 0 Å². The molecule has 13 heavy (non-hydrogen) atoms. The molecule has 1 saturated heterocycles. The van der Waals surface area contributed by atoms with Crippen LogP contribution in [0.15, 0.2) is 0 Å². The minimum absolute atomic E-state index is 0.0128. The van der Waals surface area contributed by atoms with Crippen LogP contribution in [0, 0.1) is 0 Å². The molecule has 1 atom stereocenters. The molecule has 0 spiro atoms. The first-order chi connectivity index (χ1) is 5.83. The Balaban J connectivity index is 2.41. The van der Waals surface area contributed by atoms with Gasteiger partial charge in [-0.1, -0.05) is 0 Å².